The van der Waals surface area contributed by atoms with Crippen LogP contribution in [0.5, 0.6) is 0 Å². The summed E-state index contributed by atoms with van der Waals surface area (Å²) in [5.74, 6) is 0.798. The molecule has 48 valence electrons. The Kier molecular flexibility index (Phi) is 2.56. The van der Waals surface area contributed by atoms with Crippen molar-refractivity contribution in [2.24, 2.45) is 5.92 Å². The molecule has 8 heavy (non-hydrogen) atoms. The van der Waals surface area contributed by atoms with Gasteiger partial charge in [0.05, 0.1) is 6.10 Å². The number of halogens is 1. The molecule has 0 amide bonds. The van der Waals surface area contributed by atoms with E-state index in [1.54, 1.807) is 0 Å². The maximum absolute atomic E-state index is 5.19. The number of hydrogen-bond acceptors (Lipinski definition) is 1. The van der Waals surface area contributed by atoms with Gasteiger partial charge in [0, 0.05) is 0 Å². The highest BCUT2D eigenvalue weighted by Gasteiger charge is 2.22. The highest BCUT2D eigenvalue weighted by molar-refractivity contribution is 14.1. The summed E-state index contributed by atoms with van der Waals surface area (Å²) in [6.45, 7) is 2.26. The zero-order valence-electron chi connectivity index (χ0n) is 5.06. The molecule has 1 fully saturated rings. The summed E-state index contributed by atoms with van der Waals surface area (Å²) in [6, 6.07) is 0. The fourth-order valence-corrected chi connectivity index (χ4v) is 2.00. The number of hydrogen-bond donors (Lipinski definition) is 0. The molecule has 0 bridgehead atoms. The first-order valence-electron chi connectivity index (χ1n) is 3.12. The summed E-state index contributed by atoms with van der Waals surface area (Å²) >= 11 is 2.00. The Labute approximate surface area is 64.5 Å². The van der Waals surface area contributed by atoms with Gasteiger partial charge in [-0.05, 0) is 18.8 Å². The van der Waals surface area contributed by atoms with Gasteiger partial charge < -0.3 is 3.07 Å². The summed E-state index contributed by atoms with van der Waals surface area (Å²) in [5, 5.41) is 0. The Morgan fingerprint density at radius 3 is 2.50 bits per heavy atom. The van der Waals surface area contributed by atoms with Crippen LogP contribution in [0.1, 0.15) is 26.2 Å². The molecular weight excluding hydrogens is 215 g/mol. The van der Waals surface area contributed by atoms with Crippen LogP contribution in [0.4, 0.5) is 0 Å². The van der Waals surface area contributed by atoms with Gasteiger partial charge in [-0.25, -0.2) is 0 Å². The SMILES string of the molecule is CC1CCCC1OI. The van der Waals surface area contributed by atoms with Crippen LogP contribution in [0, 0.1) is 5.92 Å². The van der Waals surface area contributed by atoms with Crippen molar-refractivity contribution in [1.29, 1.82) is 0 Å². The third-order valence-corrected chi connectivity index (χ3v) is 2.55. The molecule has 0 spiro atoms. The highest BCUT2D eigenvalue weighted by atomic mass is 127. The molecule has 0 saturated heterocycles. The van der Waals surface area contributed by atoms with Gasteiger partial charge in [0.2, 0.25) is 0 Å². The molecule has 0 aromatic carbocycles. The lowest BCUT2D eigenvalue weighted by molar-refractivity contribution is 0.236. The van der Waals surface area contributed by atoms with Gasteiger partial charge >= 0.3 is 0 Å². The molecule has 1 aliphatic rings. The lowest BCUT2D eigenvalue weighted by atomic mass is 10.1. The molecule has 0 aromatic heterocycles. The molecular formula is C6H11IO. The minimum Gasteiger partial charge on any atom is -0.312 e. The number of rotatable bonds is 1. The van der Waals surface area contributed by atoms with Crippen molar-refractivity contribution in [3.05, 3.63) is 0 Å². The standard InChI is InChI=1S/C6H11IO/c1-5-3-2-4-6(5)8-7/h5-6H,2-4H2,1H3. The predicted octanol–water partition coefficient (Wildman–Crippen LogP) is 2.54. The second-order valence-electron chi connectivity index (χ2n) is 2.54. The topological polar surface area (TPSA) is 9.23 Å². The first-order chi connectivity index (χ1) is 3.84. The molecule has 2 unspecified atom stereocenters. The van der Waals surface area contributed by atoms with Crippen molar-refractivity contribution in [3.8, 4) is 0 Å². The van der Waals surface area contributed by atoms with E-state index >= 15 is 0 Å². The van der Waals surface area contributed by atoms with Crippen LogP contribution in [0.3, 0.4) is 0 Å². The van der Waals surface area contributed by atoms with Gasteiger partial charge in [-0.15, -0.1) is 0 Å². The molecule has 0 N–H and O–H groups in total. The van der Waals surface area contributed by atoms with E-state index in [-0.39, 0.29) is 0 Å². The van der Waals surface area contributed by atoms with E-state index in [0.717, 1.165) is 5.92 Å². The van der Waals surface area contributed by atoms with E-state index in [2.05, 4.69) is 6.92 Å². The molecule has 0 radical (unpaired) electrons. The minimum atomic E-state index is 0.551. The predicted molar refractivity (Wildman–Crippen MR) is 41.9 cm³/mol. The molecule has 1 rings (SSSR count). The lowest BCUT2D eigenvalue weighted by Gasteiger charge is -2.09. The van der Waals surface area contributed by atoms with Crippen LogP contribution < -0.4 is 0 Å². The van der Waals surface area contributed by atoms with E-state index in [4.69, 9.17) is 3.07 Å². The van der Waals surface area contributed by atoms with Crippen LogP contribution in [-0.4, -0.2) is 6.10 Å². The third kappa shape index (κ3) is 1.35. The van der Waals surface area contributed by atoms with Gasteiger partial charge in [-0.1, -0.05) is 13.3 Å². The zero-order chi connectivity index (χ0) is 5.98. The van der Waals surface area contributed by atoms with Crippen molar-refractivity contribution in [1.82, 2.24) is 0 Å². The summed E-state index contributed by atoms with van der Waals surface area (Å²) < 4.78 is 5.19. The van der Waals surface area contributed by atoms with Gasteiger partial charge in [0.25, 0.3) is 0 Å². The first-order valence-corrected chi connectivity index (χ1v) is 4.00. The van der Waals surface area contributed by atoms with Crippen LogP contribution in [0.15, 0.2) is 0 Å². The Balaban J connectivity index is 2.30. The van der Waals surface area contributed by atoms with E-state index in [0.29, 0.717) is 6.10 Å². The molecule has 0 aromatic rings. The maximum Gasteiger partial charge on any atom is 0.110 e. The minimum absolute atomic E-state index is 0.551. The monoisotopic (exact) mass is 226 g/mol. The fraction of sp³-hybridized carbons (Fsp3) is 1.00. The molecule has 2 atom stereocenters. The summed E-state index contributed by atoms with van der Waals surface area (Å²) in [7, 11) is 0. The summed E-state index contributed by atoms with van der Waals surface area (Å²) in [4.78, 5) is 0. The van der Waals surface area contributed by atoms with Gasteiger partial charge in [0.15, 0.2) is 0 Å². The highest BCUT2D eigenvalue weighted by Crippen LogP contribution is 2.28. The first kappa shape index (κ1) is 6.81. The molecule has 0 heterocycles. The molecule has 1 nitrogen and oxygen atoms in total. The van der Waals surface area contributed by atoms with E-state index < -0.39 is 0 Å². The van der Waals surface area contributed by atoms with E-state index in [1.807, 2.05) is 23.0 Å². The van der Waals surface area contributed by atoms with Gasteiger partial charge in [-0.3, -0.25) is 0 Å². The maximum atomic E-state index is 5.19. The van der Waals surface area contributed by atoms with Crippen molar-refractivity contribution in [2.45, 2.75) is 32.3 Å². The van der Waals surface area contributed by atoms with Gasteiger partial charge in [-0.2, -0.15) is 0 Å². The molecule has 2 heteroatoms. The normalized spacial score (nSPS) is 38.2. The Morgan fingerprint density at radius 1 is 1.50 bits per heavy atom. The van der Waals surface area contributed by atoms with Crippen LogP contribution >= 0.6 is 23.0 Å². The van der Waals surface area contributed by atoms with Gasteiger partial charge in [0.1, 0.15) is 23.0 Å². The second-order valence-corrected chi connectivity index (χ2v) is 3.04. The Bertz CT molecular complexity index is 74.9. The average molecular weight is 226 g/mol. The largest absolute Gasteiger partial charge is 0.312 e. The van der Waals surface area contributed by atoms with Crippen molar-refractivity contribution < 1.29 is 3.07 Å². The van der Waals surface area contributed by atoms with Crippen molar-refractivity contribution in [3.63, 3.8) is 0 Å². The van der Waals surface area contributed by atoms with Crippen LogP contribution in [-0.2, 0) is 3.07 Å². The smallest absolute Gasteiger partial charge is 0.110 e. The van der Waals surface area contributed by atoms with Crippen LogP contribution in [0.2, 0.25) is 0 Å². The average Bonchev–Trinajstić information content (AvgIpc) is 2.14. The molecule has 0 aliphatic heterocycles. The molecule has 1 saturated carbocycles. The zero-order valence-corrected chi connectivity index (χ0v) is 7.22. The van der Waals surface area contributed by atoms with Crippen molar-refractivity contribution in [2.75, 3.05) is 0 Å². The Morgan fingerprint density at radius 2 is 2.25 bits per heavy atom. The second kappa shape index (κ2) is 3.01. The van der Waals surface area contributed by atoms with E-state index in [9.17, 15) is 0 Å². The summed E-state index contributed by atoms with van der Waals surface area (Å²) in [5.41, 5.74) is 0. The lowest BCUT2D eigenvalue weighted by Crippen LogP contribution is -2.09. The fourth-order valence-electron chi connectivity index (χ4n) is 1.24. The third-order valence-electron chi connectivity index (χ3n) is 1.90. The van der Waals surface area contributed by atoms with E-state index in [1.165, 1.54) is 19.3 Å². The Hall–Kier alpha value is 0.690. The summed E-state index contributed by atoms with van der Waals surface area (Å²) in [6.07, 6.45) is 4.53. The quantitative estimate of drug-likeness (QED) is 0.624. The van der Waals surface area contributed by atoms with Crippen molar-refractivity contribution >= 4 is 23.0 Å². The van der Waals surface area contributed by atoms with Crippen LogP contribution in [0.25, 0.3) is 0 Å². The molecule has 1 aliphatic carbocycles.